The Kier molecular flexibility index (Phi) is 5.80. The quantitative estimate of drug-likeness (QED) is 0.576. The van der Waals surface area contributed by atoms with Crippen molar-refractivity contribution in [2.75, 3.05) is 40.3 Å². The molecule has 1 saturated heterocycles. The molecule has 0 saturated carbocycles. The van der Waals surface area contributed by atoms with Gasteiger partial charge < -0.3 is 15.1 Å². The second kappa shape index (κ2) is 7.14. The number of nitrogens with one attached hydrogen (secondary N) is 1. The van der Waals surface area contributed by atoms with Gasteiger partial charge in [-0.3, -0.25) is 9.79 Å². The third-order valence-electron chi connectivity index (χ3n) is 2.83. The number of rotatable bonds is 4. The van der Waals surface area contributed by atoms with Crippen LogP contribution in [-0.4, -0.2) is 61.9 Å². The summed E-state index contributed by atoms with van der Waals surface area (Å²) in [6.07, 6.45) is 2.96. The van der Waals surface area contributed by atoms with Crippen molar-refractivity contribution >= 4 is 11.9 Å². The maximum atomic E-state index is 11.4. The molecule has 1 fully saturated rings. The SMILES string of the molecule is CCNC(=NCCC(=O)N(C)C)N1CCCC1. The highest BCUT2D eigenvalue weighted by Gasteiger charge is 2.15. The molecule has 98 valence electrons. The lowest BCUT2D eigenvalue weighted by Gasteiger charge is -2.20. The lowest BCUT2D eigenvalue weighted by Crippen LogP contribution is -2.39. The number of nitrogens with zero attached hydrogens (tertiary/aromatic N) is 3. The van der Waals surface area contributed by atoms with Crippen LogP contribution in [0.1, 0.15) is 26.2 Å². The van der Waals surface area contributed by atoms with E-state index in [9.17, 15) is 4.79 Å². The molecule has 1 aliphatic rings. The molecular weight excluding hydrogens is 216 g/mol. The predicted octanol–water partition coefficient (Wildman–Crippen LogP) is 0.526. The van der Waals surface area contributed by atoms with E-state index in [1.54, 1.807) is 19.0 Å². The summed E-state index contributed by atoms with van der Waals surface area (Å²) in [6.45, 7) is 5.66. The summed E-state index contributed by atoms with van der Waals surface area (Å²) in [5, 5.41) is 3.28. The molecular formula is C12H24N4O. The van der Waals surface area contributed by atoms with Crippen molar-refractivity contribution < 1.29 is 4.79 Å². The Morgan fingerprint density at radius 1 is 1.35 bits per heavy atom. The molecule has 1 rings (SSSR count). The van der Waals surface area contributed by atoms with Crippen LogP contribution in [0, 0.1) is 0 Å². The Morgan fingerprint density at radius 3 is 2.53 bits per heavy atom. The van der Waals surface area contributed by atoms with Crippen LogP contribution in [0.15, 0.2) is 4.99 Å². The van der Waals surface area contributed by atoms with E-state index < -0.39 is 0 Å². The van der Waals surface area contributed by atoms with Gasteiger partial charge in [-0.15, -0.1) is 0 Å². The monoisotopic (exact) mass is 240 g/mol. The molecule has 1 aliphatic heterocycles. The summed E-state index contributed by atoms with van der Waals surface area (Å²) in [5.41, 5.74) is 0. The molecule has 0 aromatic rings. The Labute approximate surface area is 104 Å². The van der Waals surface area contributed by atoms with Gasteiger partial charge in [0.05, 0.1) is 6.54 Å². The number of hydrogen-bond acceptors (Lipinski definition) is 2. The summed E-state index contributed by atoms with van der Waals surface area (Å²) in [5.74, 6) is 1.09. The van der Waals surface area contributed by atoms with E-state index in [4.69, 9.17) is 0 Å². The number of aliphatic imine (C=N–C) groups is 1. The highest BCUT2D eigenvalue weighted by Crippen LogP contribution is 2.07. The second-order valence-corrected chi connectivity index (χ2v) is 4.47. The highest BCUT2D eigenvalue weighted by molar-refractivity contribution is 5.81. The topological polar surface area (TPSA) is 47.9 Å². The van der Waals surface area contributed by atoms with E-state index in [0.29, 0.717) is 13.0 Å². The first-order chi connectivity index (χ1) is 8.15. The minimum Gasteiger partial charge on any atom is -0.357 e. The van der Waals surface area contributed by atoms with Crippen LogP contribution in [0.3, 0.4) is 0 Å². The maximum absolute atomic E-state index is 11.4. The first-order valence-corrected chi connectivity index (χ1v) is 6.38. The number of likely N-dealkylation sites (tertiary alicyclic amines) is 1. The summed E-state index contributed by atoms with van der Waals surface area (Å²) in [6, 6.07) is 0. The summed E-state index contributed by atoms with van der Waals surface area (Å²) in [4.78, 5) is 19.8. The van der Waals surface area contributed by atoms with Crippen LogP contribution in [0.5, 0.6) is 0 Å². The standard InChI is InChI=1S/C12H24N4O/c1-4-13-12(16-9-5-6-10-16)14-8-7-11(17)15(2)3/h4-10H2,1-3H3,(H,13,14). The summed E-state index contributed by atoms with van der Waals surface area (Å²) < 4.78 is 0. The van der Waals surface area contributed by atoms with Gasteiger partial charge in [0, 0.05) is 40.2 Å². The average Bonchev–Trinajstić information content (AvgIpc) is 2.80. The van der Waals surface area contributed by atoms with Gasteiger partial charge in [0.1, 0.15) is 0 Å². The van der Waals surface area contributed by atoms with Crippen molar-refractivity contribution in [3.63, 3.8) is 0 Å². The van der Waals surface area contributed by atoms with Gasteiger partial charge in [-0.05, 0) is 19.8 Å². The van der Waals surface area contributed by atoms with Crippen LogP contribution in [0.4, 0.5) is 0 Å². The molecule has 0 aromatic heterocycles. The Morgan fingerprint density at radius 2 is 2.00 bits per heavy atom. The normalized spacial score (nSPS) is 16.2. The van der Waals surface area contributed by atoms with Crippen molar-refractivity contribution in [1.29, 1.82) is 0 Å². The largest absolute Gasteiger partial charge is 0.357 e. The molecule has 0 atom stereocenters. The summed E-state index contributed by atoms with van der Waals surface area (Å²) in [7, 11) is 3.55. The van der Waals surface area contributed by atoms with Gasteiger partial charge in [0.25, 0.3) is 0 Å². The van der Waals surface area contributed by atoms with Gasteiger partial charge in [0.15, 0.2) is 5.96 Å². The molecule has 0 unspecified atom stereocenters. The van der Waals surface area contributed by atoms with Crippen LogP contribution < -0.4 is 5.32 Å². The molecule has 1 heterocycles. The zero-order chi connectivity index (χ0) is 12.7. The fourth-order valence-electron chi connectivity index (χ4n) is 1.84. The minimum absolute atomic E-state index is 0.131. The molecule has 17 heavy (non-hydrogen) atoms. The van der Waals surface area contributed by atoms with Gasteiger partial charge in [0.2, 0.25) is 5.91 Å². The fraction of sp³-hybridized carbons (Fsp3) is 0.833. The molecule has 0 aromatic carbocycles. The highest BCUT2D eigenvalue weighted by atomic mass is 16.2. The summed E-state index contributed by atoms with van der Waals surface area (Å²) >= 11 is 0. The first kappa shape index (κ1) is 13.8. The number of carbonyl (C=O) groups excluding carboxylic acids is 1. The van der Waals surface area contributed by atoms with E-state index in [0.717, 1.165) is 25.6 Å². The van der Waals surface area contributed by atoms with E-state index in [1.165, 1.54) is 12.8 Å². The molecule has 0 radical (unpaired) electrons. The fourth-order valence-corrected chi connectivity index (χ4v) is 1.84. The van der Waals surface area contributed by atoms with Crippen LogP contribution in [-0.2, 0) is 4.79 Å². The van der Waals surface area contributed by atoms with Crippen molar-refractivity contribution in [2.45, 2.75) is 26.2 Å². The average molecular weight is 240 g/mol. The van der Waals surface area contributed by atoms with Crippen LogP contribution in [0.2, 0.25) is 0 Å². The number of amides is 1. The number of carbonyl (C=O) groups is 1. The lowest BCUT2D eigenvalue weighted by atomic mass is 10.4. The number of hydrogen-bond donors (Lipinski definition) is 1. The minimum atomic E-state index is 0.131. The van der Waals surface area contributed by atoms with E-state index >= 15 is 0 Å². The molecule has 1 amide bonds. The Bertz CT molecular complexity index is 270. The zero-order valence-corrected chi connectivity index (χ0v) is 11.2. The third-order valence-corrected chi connectivity index (χ3v) is 2.83. The molecule has 5 nitrogen and oxygen atoms in total. The zero-order valence-electron chi connectivity index (χ0n) is 11.2. The third kappa shape index (κ3) is 4.63. The van der Waals surface area contributed by atoms with Crippen LogP contribution in [0.25, 0.3) is 0 Å². The smallest absolute Gasteiger partial charge is 0.223 e. The van der Waals surface area contributed by atoms with Gasteiger partial charge in [-0.1, -0.05) is 0 Å². The second-order valence-electron chi connectivity index (χ2n) is 4.47. The van der Waals surface area contributed by atoms with Crippen molar-refractivity contribution in [3.05, 3.63) is 0 Å². The van der Waals surface area contributed by atoms with Gasteiger partial charge >= 0.3 is 0 Å². The Balaban J connectivity index is 2.43. The van der Waals surface area contributed by atoms with Crippen molar-refractivity contribution in [2.24, 2.45) is 4.99 Å². The van der Waals surface area contributed by atoms with Crippen molar-refractivity contribution in [3.8, 4) is 0 Å². The molecule has 5 heteroatoms. The maximum Gasteiger partial charge on any atom is 0.223 e. The number of guanidine groups is 1. The van der Waals surface area contributed by atoms with Crippen molar-refractivity contribution in [1.82, 2.24) is 15.1 Å². The van der Waals surface area contributed by atoms with E-state index in [-0.39, 0.29) is 5.91 Å². The first-order valence-electron chi connectivity index (χ1n) is 6.38. The molecule has 0 spiro atoms. The van der Waals surface area contributed by atoms with E-state index in [2.05, 4.69) is 22.1 Å². The predicted molar refractivity (Wildman–Crippen MR) is 70.1 cm³/mol. The van der Waals surface area contributed by atoms with E-state index in [1.807, 2.05) is 0 Å². The molecule has 1 N–H and O–H groups in total. The molecule has 0 aliphatic carbocycles. The lowest BCUT2D eigenvalue weighted by molar-refractivity contribution is -0.128. The molecule has 0 bridgehead atoms. The van der Waals surface area contributed by atoms with Crippen LogP contribution >= 0.6 is 0 Å². The van der Waals surface area contributed by atoms with Gasteiger partial charge in [-0.25, -0.2) is 0 Å². The Hall–Kier alpha value is -1.26. The van der Waals surface area contributed by atoms with Gasteiger partial charge in [-0.2, -0.15) is 0 Å².